The van der Waals surface area contributed by atoms with E-state index in [4.69, 9.17) is 0 Å². The summed E-state index contributed by atoms with van der Waals surface area (Å²) in [6.07, 6.45) is 3.18. The molecule has 0 aliphatic heterocycles. The second kappa shape index (κ2) is 5.90. The molecule has 1 atom stereocenters. The van der Waals surface area contributed by atoms with Crippen LogP contribution < -0.4 is 5.32 Å². The van der Waals surface area contributed by atoms with Gasteiger partial charge in [0.15, 0.2) is 0 Å². The molecular weight excluding hydrogens is 249 g/mol. The molecule has 0 aliphatic rings. The highest BCUT2D eigenvalue weighted by atomic mass is 19.1. The average Bonchev–Trinajstić information content (AvgIpc) is 2.41. The summed E-state index contributed by atoms with van der Waals surface area (Å²) < 4.78 is 12.8. The lowest BCUT2D eigenvalue weighted by Crippen LogP contribution is -2.20. The maximum Gasteiger partial charge on any atom is 0.227 e. The Balaban J connectivity index is 2.19. The molecule has 0 aliphatic carbocycles. The van der Waals surface area contributed by atoms with Gasteiger partial charge in [0.1, 0.15) is 11.9 Å². The minimum atomic E-state index is -0.505. The highest BCUT2D eigenvalue weighted by Crippen LogP contribution is 2.19. The van der Waals surface area contributed by atoms with Gasteiger partial charge in [0.25, 0.3) is 0 Å². The molecule has 0 saturated heterocycles. The van der Waals surface area contributed by atoms with E-state index in [2.05, 4.69) is 10.3 Å². The number of pyridine rings is 1. The van der Waals surface area contributed by atoms with Gasteiger partial charge in [-0.25, -0.2) is 4.39 Å². The first-order valence-electron chi connectivity index (χ1n) is 5.69. The van der Waals surface area contributed by atoms with E-state index in [1.807, 2.05) is 0 Å². The molecule has 1 N–H and O–H groups in total. The zero-order chi connectivity index (χ0) is 13.7. The van der Waals surface area contributed by atoms with Crippen molar-refractivity contribution < 1.29 is 9.31 Å². The lowest BCUT2D eigenvalue weighted by Gasteiger charge is -2.16. The fourth-order valence-corrected chi connectivity index (χ4v) is 1.71. The number of rotatable bonds is 5. The lowest BCUT2D eigenvalue weighted by molar-refractivity contribution is -0.482. The maximum absolute atomic E-state index is 12.8. The Morgan fingerprint density at radius 2 is 2.05 bits per heavy atom. The molecule has 1 unspecified atom stereocenters. The van der Waals surface area contributed by atoms with E-state index >= 15 is 0 Å². The number of nitrogens with zero attached hydrogens (tertiary/aromatic N) is 2. The Bertz CT molecular complexity index is 546. The van der Waals surface area contributed by atoms with Gasteiger partial charge >= 0.3 is 0 Å². The Kier molecular flexibility index (Phi) is 4.02. The number of nitrogens with one attached hydrogen (secondary N) is 1. The molecule has 2 rings (SSSR count). The van der Waals surface area contributed by atoms with Crippen molar-refractivity contribution in [3.05, 3.63) is 70.3 Å². The monoisotopic (exact) mass is 261 g/mol. The van der Waals surface area contributed by atoms with Gasteiger partial charge in [-0.1, -0.05) is 6.07 Å². The summed E-state index contributed by atoms with van der Waals surface area (Å²) in [7, 11) is 0. The second-order valence-corrected chi connectivity index (χ2v) is 4.01. The van der Waals surface area contributed by atoms with E-state index in [-0.39, 0.29) is 12.4 Å². The normalized spacial score (nSPS) is 11.8. The lowest BCUT2D eigenvalue weighted by atomic mass is 10.1. The van der Waals surface area contributed by atoms with Crippen molar-refractivity contribution in [3.8, 4) is 0 Å². The summed E-state index contributed by atoms with van der Waals surface area (Å²) in [6.45, 7) is -0.275. The molecule has 0 saturated carbocycles. The molecule has 0 fully saturated rings. The predicted molar refractivity (Wildman–Crippen MR) is 68.9 cm³/mol. The van der Waals surface area contributed by atoms with Crippen molar-refractivity contribution in [1.82, 2.24) is 4.98 Å². The third-order valence-electron chi connectivity index (χ3n) is 2.60. The molecule has 19 heavy (non-hydrogen) atoms. The van der Waals surface area contributed by atoms with Crippen LogP contribution in [-0.4, -0.2) is 16.5 Å². The van der Waals surface area contributed by atoms with Crippen LogP contribution in [0.4, 0.5) is 10.1 Å². The van der Waals surface area contributed by atoms with Gasteiger partial charge in [-0.15, -0.1) is 0 Å². The van der Waals surface area contributed by atoms with Crippen LogP contribution in [0.25, 0.3) is 0 Å². The number of aromatic nitrogens is 1. The minimum absolute atomic E-state index is 0.275. The topological polar surface area (TPSA) is 68.1 Å². The average molecular weight is 261 g/mol. The van der Waals surface area contributed by atoms with Crippen LogP contribution in [0.2, 0.25) is 0 Å². The number of hydrogen-bond acceptors (Lipinski definition) is 4. The smallest absolute Gasteiger partial charge is 0.227 e. The standard InChI is InChI=1S/C13H12FN3O2/c14-11-3-5-12(6-4-11)16-13(9-17(18)19)10-2-1-7-15-8-10/h1-8,13,16H,9H2. The van der Waals surface area contributed by atoms with Crippen LogP contribution in [0.15, 0.2) is 48.8 Å². The molecule has 0 bridgehead atoms. The fourth-order valence-electron chi connectivity index (χ4n) is 1.71. The predicted octanol–water partition coefficient (Wildman–Crippen LogP) is 2.65. The van der Waals surface area contributed by atoms with Crippen molar-refractivity contribution in [2.24, 2.45) is 0 Å². The van der Waals surface area contributed by atoms with Crippen LogP contribution in [0.5, 0.6) is 0 Å². The number of benzene rings is 1. The number of anilines is 1. The highest BCUT2D eigenvalue weighted by molar-refractivity contribution is 5.45. The van der Waals surface area contributed by atoms with Crippen molar-refractivity contribution >= 4 is 5.69 Å². The fraction of sp³-hybridized carbons (Fsp3) is 0.154. The summed E-state index contributed by atoms with van der Waals surface area (Å²) in [4.78, 5) is 14.3. The van der Waals surface area contributed by atoms with Gasteiger partial charge in [0.2, 0.25) is 6.54 Å². The minimum Gasteiger partial charge on any atom is -0.372 e. The third kappa shape index (κ3) is 3.74. The van der Waals surface area contributed by atoms with Gasteiger partial charge in [-0.05, 0) is 35.9 Å². The van der Waals surface area contributed by atoms with E-state index < -0.39 is 11.0 Å². The van der Waals surface area contributed by atoms with Crippen molar-refractivity contribution in [2.75, 3.05) is 11.9 Å². The van der Waals surface area contributed by atoms with Crippen LogP contribution in [-0.2, 0) is 0 Å². The molecular formula is C13H12FN3O2. The summed E-state index contributed by atoms with van der Waals surface area (Å²) in [5, 5.41) is 13.7. The third-order valence-corrected chi connectivity index (χ3v) is 2.60. The van der Waals surface area contributed by atoms with Gasteiger partial charge in [0, 0.05) is 23.0 Å². The Labute approximate surface area is 109 Å². The first kappa shape index (κ1) is 12.9. The first-order chi connectivity index (χ1) is 9.15. The van der Waals surface area contributed by atoms with Crippen LogP contribution >= 0.6 is 0 Å². The van der Waals surface area contributed by atoms with Crippen molar-refractivity contribution in [2.45, 2.75) is 6.04 Å². The van der Waals surface area contributed by atoms with Gasteiger partial charge in [-0.3, -0.25) is 15.1 Å². The molecule has 0 radical (unpaired) electrons. The molecule has 5 nitrogen and oxygen atoms in total. The zero-order valence-corrected chi connectivity index (χ0v) is 9.99. The van der Waals surface area contributed by atoms with Gasteiger partial charge in [0.05, 0.1) is 0 Å². The molecule has 6 heteroatoms. The van der Waals surface area contributed by atoms with E-state index in [0.717, 1.165) is 0 Å². The Morgan fingerprint density at radius 1 is 1.32 bits per heavy atom. The maximum atomic E-state index is 12.8. The van der Waals surface area contributed by atoms with E-state index in [0.29, 0.717) is 11.3 Å². The summed E-state index contributed by atoms with van der Waals surface area (Å²) in [6, 6.07) is 8.65. The van der Waals surface area contributed by atoms with Crippen LogP contribution in [0.3, 0.4) is 0 Å². The first-order valence-corrected chi connectivity index (χ1v) is 5.69. The number of halogens is 1. The summed E-state index contributed by atoms with van der Waals surface area (Å²) in [5.74, 6) is -0.349. The largest absolute Gasteiger partial charge is 0.372 e. The van der Waals surface area contributed by atoms with Crippen LogP contribution in [0, 0.1) is 15.9 Å². The highest BCUT2D eigenvalue weighted by Gasteiger charge is 2.17. The molecule has 0 amide bonds. The second-order valence-electron chi connectivity index (χ2n) is 4.01. The summed E-state index contributed by atoms with van der Waals surface area (Å²) in [5.41, 5.74) is 1.33. The molecule has 1 aromatic carbocycles. The molecule has 98 valence electrons. The Morgan fingerprint density at radius 3 is 2.63 bits per heavy atom. The van der Waals surface area contributed by atoms with E-state index in [9.17, 15) is 14.5 Å². The SMILES string of the molecule is O=[N+]([O-])CC(Nc1ccc(F)cc1)c1cccnc1. The molecule has 0 spiro atoms. The number of hydrogen-bond donors (Lipinski definition) is 1. The number of nitro groups is 1. The van der Waals surface area contributed by atoms with E-state index in [1.165, 1.54) is 12.1 Å². The quantitative estimate of drug-likeness (QED) is 0.663. The Hall–Kier alpha value is -2.50. The van der Waals surface area contributed by atoms with E-state index in [1.54, 1.807) is 36.7 Å². The van der Waals surface area contributed by atoms with Crippen molar-refractivity contribution in [3.63, 3.8) is 0 Å². The van der Waals surface area contributed by atoms with Gasteiger partial charge in [-0.2, -0.15) is 0 Å². The molecule has 1 aromatic heterocycles. The zero-order valence-electron chi connectivity index (χ0n) is 9.99. The van der Waals surface area contributed by atoms with Gasteiger partial charge < -0.3 is 5.32 Å². The molecule has 1 heterocycles. The van der Waals surface area contributed by atoms with Crippen molar-refractivity contribution in [1.29, 1.82) is 0 Å². The van der Waals surface area contributed by atoms with Crippen LogP contribution in [0.1, 0.15) is 11.6 Å². The summed E-state index contributed by atoms with van der Waals surface area (Å²) >= 11 is 0. The molecule has 2 aromatic rings.